The maximum atomic E-state index is 8.14. The Morgan fingerprint density at radius 1 is 1.46 bits per heavy atom. The normalized spacial score (nSPS) is 9.85. The first-order valence-electron chi connectivity index (χ1n) is 3.75. The van der Waals surface area contributed by atoms with Crippen molar-refractivity contribution in [1.29, 1.82) is 0 Å². The Bertz CT molecular complexity index is 437. The van der Waals surface area contributed by atoms with Crippen LogP contribution in [0.5, 0.6) is 0 Å². The molecular weight excluding hydrogens is 184 g/mol. The van der Waals surface area contributed by atoms with Crippen molar-refractivity contribution in [1.82, 2.24) is 4.98 Å². The molecule has 0 N–H and O–H groups in total. The standard InChI is InChI=1S/C8H6N4S/c9-12-10-5-8-11-6-3-1-2-4-7(6)13-8/h1-4H,5H2. The molecule has 0 aliphatic heterocycles. The molecule has 4 nitrogen and oxygen atoms in total. The van der Waals surface area contributed by atoms with Gasteiger partial charge in [0.2, 0.25) is 0 Å². The second-order valence-corrected chi connectivity index (χ2v) is 3.58. The number of rotatable bonds is 2. The van der Waals surface area contributed by atoms with Gasteiger partial charge in [-0.3, -0.25) is 0 Å². The highest BCUT2D eigenvalue weighted by Crippen LogP contribution is 2.21. The molecule has 5 heteroatoms. The van der Waals surface area contributed by atoms with Crippen LogP contribution in [0.4, 0.5) is 0 Å². The Labute approximate surface area is 78.5 Å². The number of benzene rings is 1. The Balaban J connectivity index is 2.43. The molecule has 1 heterocycles. The molecule has 0 saturated carbocycles. The number of para-hydroxylation sites is 1. The fraction of sp³-hybridized carbons (Fsp3) is 0.125. The molecule has 0 bridgehead atoms. The van der Waals surface area contributed by atoms with Crippen molar-refractivity contribution >= 4 is 21.6 Å². The average molecular weight is 190 g/mol. The van der Waals surface area contributed by atoms with Crippen molar-refractivity contribution in [2.24, 2.45) is 5.11 Å². The molecule has 1 aromatic heterocycles. The van der Waals surface area contributed by atoms with Crippen molar-refractivity contribution in [3.8, 4) is 0 Å². The Morgan fingerprint density at radius 3 is 3.08 bits per heavy atom. The number of fused-ring (bicyclic) bond motifs is 1. The van der Waals surface area contributed by atoms with Gasteiger partial charge in [0.05, 0.1) is 21.8 Å². The van der Waals surface area contributed by atoms with E-state index in [1.54, 1.807) is 11.3 Å². The number of hydrogen-bond acceptors (Lipinski definition) is 3. The van der Waals surface area contributed by atoms with Gasteiger partial charge in [0, 0.05) is 4.91 Å². The molecule has 0 amide bonds. The molecule has 1 aromatic carbocycles. The van der Waals surface area contributed by atoms with E-state index in [9.17, 15) is 0 Å². The smallest absolute Gasteiger partial charge is 0.0996 e. The minimum atomic E-state index is 0.343. The van der Waals surface area contributed by atoms with E-state index < -0.39 is 0 Å². The monoisotopic (exact) mass is 190 g/mol. The van der Waals surface area contributed by atoms with E-state index in [4.69, 9.17) is 5.53 Å². The Kier molecular flexibility index (Phi) is 2.12. The summed E-state index contributed by atoms with van der Waals surface area (Å²) in [5.74, 6) is 0. The van der Waals surface area contributed by atoms with Gasteiger partial charge < -0.3 is 0 Å². The minimum Gasteiger partial charge on any atom is -0.241 e. The van der Waals surface area contributed by atoms with Crippen molar-refractivity contribution in [2.45, 2.75) is 6.54 Å². The Morgan fingerprint density at radius 2 is 2.31 bits per heavy atom. The molecule has 0 atom stereocenters. The lowest BCUT2D eigenvalue weighted by Gasteiger charge is -1.80. The number of hydrogen-bond donors (Lipinski definition) is 0. The molecule has 13 heavy (non-hydrogen) atoms. The predicted molar refractivity (Wildman–Crippen MR) is 52.5 cm³/mol. The zero-order valence-electron chi connectivity index (χ0n) is 6.71. The number of nitrogens with zero attached hydrogens (tertiary/aromatic N) is 4. The van der Waals surface area contributed by atoms with Crippen LogP contribution in [0, 0.1) is 0 Å². The van der Waals surface area contributed by atoms with Crippen molar-refractivity contribution in [2.75, 3.05) is 0 Å². The van der Waals surface area contributed by atoms with E-state index in [-0.39, 0.29) is 0 Å². The molecular formula is C8H6N4S. The fourth-order valence-electron chi connectivity index (χ4n) is 1.08. The second-order valence-electron chi connectivity index (χ2n) is 2.46. The lowest BCUT2D eigenvalue weighted by atomic mass is 10.3. The summed E-state index contributed by atoms with van der Waals surface area (Å²) in [5.41, 5.74) is 9.11. The molecule has 0 saturated heterocycles. The fourth-order valence-corrected chi connectivity index (χ4v) is 1.96. The Hall–Kier alpha value is -1.58. The van der Waals surface area contributed by atoms with Gasteiger partial charge in [0.25, 0.3) is 0 Å². The summed E-state index contributed by atoms with van der Waals surface area (Å²) in [6.07, 6.45) is 0. The van der Waals surface area contributed by atoms with Crippen LogP contribution in [0.3, 0.4) is 0 Å². The third-order valence-electron chi connectivity index (χ3n) is 1.61. The van der Waals surface area contributed by atoms with Crippen LogP contribution in [0.15, 0.2) is 29.4 Å². The minimum absolute atomic E-state index is 0.343. The first-order chi connectivity index (χ1) is 6.40. The van der Waals surface area contributed by atoms with Gasteiger partial charge in [0.15, 0.2) is 0 Å². The van der Waals surface area contributed by atoms with Crippen molar-refractivity contribution < 1.29 is 0 Å². The van der Waals surface area contributed by atoms with Crippen LogP contribution in [-0.4, -0.2) is 4.98 Å². The quantitative estimate of drug-likeness (QED) is 0.407. The maximum Gasteiger partial charge on any atom is 0.0996 e. The van der Waals surface area contributed by atoms with Crippen molar-refractivity contribution in [3.63, 3.8) is 0 Å². The highest BCUT2D eigenvalue weighted by Gasteiger charge is 2.00. The van der Waals surface area contributed by atoms with Crippen LogP contribution in [0.2, 0.25) is 0 Å². The van der Waals surface area contributed by atoms with Crippen LogP contribution in [0.25, 0.3) is 20.7 Å². The summed E-state index contributed by atoms with van der Waals surface area (Å²) in [6.45, 7) is 0.343. The van der Waals surface area contributed by atoms with E-state index in [0.717, 1.165) is 15.2 Å². The first-order valence-corrected chi connectivity index (χ1v) is 4.57. The number of azide groups is 1. The van der Waals surface area contributed by atoms with E-state index >= 15 is 0 Å². The number of thiazole rings is 1. The van der Waals surface area contributed by atoms with Gasteiger partial charge in [-0.15, -0.1) is 11.3 Å². The molecule has 64 valence electrons. The lowest BCUT2D eigenvalue weighted by molar-refractivity contribution is 1.03. The molecule has 0 unspecified atom stereocenters. The molecule has 0 aliphatic rings. The predicted octanol–water partition coefficient (Wildman–Crippen LogP) is 3.11. The van der Waals surface area contributed by atoms with Crippen LogP contribution in [0.1, 0.15) is 5.01 Å². The van der Waals surface area contributed by atoms with Gasteiger partial charge >= 0.3 is 0 Å². The largest absolute Gasteiger partial charge is 0.241 e. The molecule has 0 radical (unpaired) electrons. The highest BCUT2D eigenvalue weighted by molar-refractivity contribution is 7.18. The summed E-state index contributed by atoms with van der Waals surface area (Å²) in [6, 6.07) is 7.87. The third-order valence-corrected chi connectivity index (χ3v) is 2.63. The molecule has 0 fully saturated rings. The van der Waals surface area contributed by atoms with E-state index in [1.807, 2.05) is 24.3 Å². The SMILES string of the molecule is [N-]=[N+]=NCc1nc2ccccc2s1. The van der Waals surface area contributed by atoms with Gasteiger partial charge in [-0.1, -0.05) is 17.2 Å². The zero-order valence-corrected chi connectivity index (χ0v) is 7.53. The van der Waals surface area contributed by atoms with Gasteiger partial charge in [-0.25, -0.2) is 4.98 Å². The zero-order chi connectivity index (χ0) is 9.10. The highest BCUT2D eigenvalue weighted by atomic mass is 32.1. The van der Waals surface area contributed by atoms with E-state index in [1.165, 1.54) is 0 Å². The van der Waals surface area contributed by atoms with Crippen LogP contribution >= 0.6 is 11.3 Å². The van der Waals surface area contributed by atoms with E-state index in [2.05, 4.69) is 15.0 Å². The first kappa shape index (κ1) is 8.04. The molecule has 0 spiro atoms. The van der Waals surface area contributed by atoms with Crippen LogP contribution < -0.4 is 0 Å². The summed E-state index contributed by atoms with van der Waals surface area (Å²) in [5, 5.41) is 4.33. The van der Waals surface area contributed by atoms with Gasteiger partial charge in [0.1, 0.15) is 0 Å². The van der Waals surface area contributed by atoms with E-state index in [0.29, 0.717) is 6.54 Å². The van der Waals surface area contributed by atoms with Crippen LogP contribution in [-0.2, 0) is 6.54 Å². The van der Waals surface area contributed by atoms with Gasteiger partial charge in [-0.2, -0.15) is 0 Å². The van der Waals surface area contributed by atoms with Gasteiger partial charge in [-0.05, 0) is 17.7 Å². The summed E-state index contributed by atoms with van der Waals surface area (Å²) < 4.78 is 1.13. The van der Waals surface area contributed by atoms with Crippen molar-refractivity contribution in [3.05, 3.63) is 39.7 Å². The topological polar surface area (TPSA) is 61.7 Å². The maximum absolute atomic E-state index is 8.14. The molecule has 2 rings (SSSR count). The molecule has 0 aliphatic carbocycles. The average Bonchev–Trinajstić information content (AvgIpc) is 2.57. The summed E-state index contributed by atoms with van der Waals surface area (Å²) in [7, 11) is 0. The third kappa shape index (κ3) is 1.61. The summed E-state index contributed by atoms with van der Waals surface area (Å²) >= 11 is 1.56. The summed E-state index contributed by atoms with van der Waals surface area (Å²) in [4.78, 5) is 7.00. The lowest BCUT2D eigenvalue weighted by Crippen LogP contribution is -1.74. The molecule has 2 aromatic rings. The number of aromatic nitrogens is 1. The second kappa shape index (κ2) is 3.43.